The van der Waals surface area contributed by atoms with Crippen molar-refractivity contribution >= 4 is 0 Å². The molecule has 1 aliphatic heterocycles. The van der Waals surface area contributed by atoms with Crippen LogP contribution in [0, 0.1) is 5.41 Å². The van der Waals surface area contributed by atoms with Gasteiger partial charge in [-0.15, -0.1) is 0 Å². The highest BCUT2D eigenvalue weighted by molar-refractivity contribution is 5.31. The highest BCUT2D eigenvalue weighted by Gasteiger charge is 2.60. The summed E-state index contributed by atoms with van der Waals surface area (Å²) in [6.07, 6.45) is 2.93. The molecule has 1 saturated carbocycles. The van der Waals surface area contributed by atoms with Gasteiger partial charge in [-0.05, 0) is 30.8 Å². The molecule has 0 bridgehead atoms. The van der Waals surface area contributed by atoms with Gasteiger partial charge in [-0.1, -0.05) is 20.4 Å². The number of epoxide rings is 1. The van der Waals surface area contributed by atoms with E-state index in [0.29, 0.717) is 11.5 Å². The van der Waals surface area contributed by atoms with E-state index in [-0.39, 0.29) is 5.60 Å². The van der Waals surface area contributed by atoms with Crippen LogP contribution in [0.4, 0.5) is 0 Å². The average Bonchev–Trinajstić information content (AvgIpc) is 2.57. The van der Waals surface area contributed by atoms with Crippen molar-refractivity contribution < 1.29 is 4.74 Å². The first-order chi connectivity index (χ1) is 4.97. The lowest BCUT2D eigenvalue weighted by molar-refractivity contribution is 0.310. The molecular weight excluding hydrogens is 136 g/mol. The van der Waals surface area contributed by atoms with Crippen molar-refractivity contribution in [2.75, 3.05) is 0 Å². The lowest BCUT2D eigenvalue weighted by Crippen LogP contribution is -2.31. The van der Waals surface area contributed by atoms with Gasteiger partial charge < -0.3 is 4.74 Å². The van der Waals surface area contributed by atoms with E-state index in [1.807, 2.05) is 0 Å². The first-order valence-corrected chi connectivity index (χ1v) is 4.34. The molecule has 1 heteroatoms. The topological polar surface area (TPSA) is 12.5 Å². The van der Waals surface area contributed by atoms with E-state index in [0.717, 1.165) is 0 Å². The Labute approximate surface area is 68.4 Å². The summed E-state index contributed by atoms with van der Waals surface area (Å²) in [6.45, 7) is 10.8. The number of ether oxygens (including phenoxy) is 1. The molecule has 0 aromatic carbocycles. The van der Waals surface area contributed by atoms with E-state index in [1.165, 1.54) is 18.4 Å². The summed E-state index contributed by atoms with van der Waals surface area (Å²) in [6, 6.07) is 0. The maximum absolute atomic E-state index is 5.61. The van der Waals surface area contributed by atoms with Crippen molar-refractivity contribution in [3.05, 3.63) is 12.2 Å². The van der Waals surface area contributed by atoms with E-state index >= 15 is 0 Å². The number of hydrogen-bond acceptors (Lipinski definition) is 1. The Morgan fingerprint density at radius 1 is 1.45 bits per heavy atom. The van der Waals surface area contributed by atoms with E-state index in [9.17, 15) is 0 Å². The zero-order valence-electron chi connectivity index (χ0n) is 7.61. The Balaban J connectivity index is 2.28. The first-order valence-electron chi connectivity index (χ1n) is 4.34. The number of rotatable bonds is 0. The minimum Gasteiger partial charge on any atom is -0.362 e. The van der Waals surface area contributed by atoms with Crippen LogP contribution in [0.3, 0.4) is 0 Å². The fourth-order valence-electron chi connectivity index (χ4n) is 2.18. The summed E-state index contributed by atoms with van der Waals surface area (Å²) in [4.78, 5) is 0. The summed E-state index contributed by atoms with van der Waals surface area (Å²) in [7, 11) is 0. The lowest BCUT2D eigenvalue weighted by atomic mass is 9.69. The third-order valence-electron chi connectivity index (χ3n) is 3.39. The molecule has 1 saturated heterocycles. The van der Waals surface area contributed by atoms with Gasteiger partial charge in [0.15, 0.2) is 0 Å². The van der Waals surface area contributed by atoms with Crippen LogP contribution < -0.4 is 0 Å². The van der Waals surface area contributed by atoms with Gasteiger partial charge in [-0.3, -0.25) is 0 Å². The van der Waals surface area contributed by atoms with E-state index in [2.05, 4.69) is 27.4 Å². The molecule has 0 amide bonds. The Hall–Kier alpha value is -0.300. The van der Waals surface area contributed by atoms with Gasteiger partial charge in [-0.2, -0.15) is 0 Å². The molecule has 2 atom stereocenters. The fraction of sp³-hybridized carbons (Fsp3) is 0.800. The summed E-state index contributed by atoms with van der Waals surface area (Å²) in [5.74, 6) is 0. The maximum Gasteiger partial charge on any atom is 0.113 e. The smallest absolute Gasteiger partial charge is 0.113 e. The zero-order valence-corrected chi connectivity index (χ0v) is 7.61. The van der Waals surface area contributed by atoms with Crippen molar-refractivity contribution in [1.82, 2.24) is 0 Å². The van der Waals surface area contributed by atoms with Crippen LogP contribution in [-0.4, -0.2) is 11.7 Å². The summed E-state index contributed by atoms with van der Waals surface area (Å²) < 4.78 is 5.61. The third-order valence-corrected chi connectivity index (χ3v) is 3.39. The van der Waals surface area contributed by atoms with Crippen LogP contribution in [0.5, 0.6) is 0 Å². The second kappa shape index (κ2) is 1.71. The monoisotopic (exact) mass is 152 g/mol. The Morgan fingerprint density at radius 2 is 2.09 bits per heavy atom. The average molecular weight is 152 g/mol. The summed E-state index contributed by atoms with van der Waals surface area (Å²) in [5.41, 5.74) is 1.63. The van der Waals surface area contributed by atoms with Crippen molar-refractivity contribution in [3.8, 4) is 0 Å². The Morgan fingerprint density at radius 3 is 2.64 bits per heavy atom. The Kier molecular flexibility index (Phi) is 1.15. The van der Waals surface area contributed by atoms with Gasteiger partial charge >= 0.3 is 0 Å². The largest absolute Gasteiger partial charge is 0.362 e. The standard InChI is InChI=1S/C10H16O/c1-7-9(2,3)6-5-8-10(7,4)11-8/h8H,1,5-6H2,2-4H3. The van der Waals surface area contributed by atoms with E-state index in [4.69, 9.17) is 4.74 Å². The molecule has 2 fully saturated rings. The first kappa shape index (κ1) is 7.35. The van der Waals surface area contributed by atoms with Crippen LogP contribution in [0.25, 0.3) is 0 Å². The van der Waals surface area contributed by atoms with Crippen LogP contribution in [0.2, 0.25) is 0 Å². The molecular formula is C10H16O. The van der Waals surface area contributed by atoms with Crippen LogP contribution >= 0.6 is 0 Å². The van der Waals surface area contributed by atoms with Crippen molar-refractivity contribution in [2.24, 2.45) is 5.41 Å². The normalized spacial score (nSPS) is 46.8. The van der Waals surface area contributed by atoms with Gasteiger partial charge in [0, 0.05) is 0 Å². The van der Waals surface area contributed by atoms with Crippen molar-refractivity contribution in [3.63, 3.8) is 0 Å². The molecule has 2 unspecified atom stereocenters. The molecule has 0 aromatic rings. The Bertz CT molecular complexity index is 210. The number of hydrogen-bond donors (Lipinski definition) is 0. The maximum atomic E-state index is 5.61. The highest BCUT2D eigenvalue weighted by Crippen LogP contribution is 2.56. The van der Waals surface area contributed by atoms with Gasteiger partial charge in [0.05, 0.1) is 6.10 Å². The van der Waals surface area contributed by atoms with Crippen molar-refractivity contribution in [2.45, 2.75) is 45.3 Å². The predicted molar refractivity (Wildman–Crippen MR) is 45.4 cm³/mol. The molecule has 1 aliphatic carbocycles. The molecule has 0 aromatic heterocycles. The molecule has 11 heavy (non-hydrogen) atoms. The quantitative estimate of drug-likeness (QED) is 0.384. The molecule has 0 spiro atoms. The second-order valence-electron chi connectivity index (χ2n) is 4.61. The molecule has 2 aliphatic rings. The molecule has 2 rings (SSSR count). The van der Waals surface area contributed by atoms with E-state index < -0.39 is 0 Å². The molecule has 62 valence electrons. The van der Waals surface area contributed by atoms with Gasteiger partial charge in [0.2, 0.25) is 0 Å². The van der Waals surface area contributed by atoms with Gasteiger partial charge in [-0.25, -0.2) is 0 Å². The van der Waals surface area contributed by atoms with Gasteiger partial charge in [0.1, 0.15) is 5.60 Å². The SMILES string of the molecule is C=C1C(C)(C)CCC2OC12C. The summed E-state index contributed by atoms with van der Waals surface area (Å²) >= 11 is 0. The van der Waals surface area contributed by atoms with Crippen molar-refractivity contribution in [1.29, 1.82) is 0 Å². The van der Waals surface area contributed by atoms with Gasteiger partial charge in [0.25, 0.3) is 0 Å². The second-order valence-corrected chi connectivity index (χ2v) is 4.61. The minimum absolute atomic E-state index is 0.0434. The third kappa shape index (κ3) is 0.807. The van der Waals surface area contributed by atoms with Crippen LogP contribution in [-0.2, 0) is 4.74 Å². The van der Waals surface area contributed by atoms with E-state index in [1.54, 1.807) is 0 Å². The fourth-order valence-corrected chi connectivity index (χ4v) is 2.18. The number of fused-ring (bicyclic) bond motifs is 1. The predicted octanol–water partition coefficient (Wildman–Crippen LogP) is 2.52. The molecule has 0 N–H and O–H groups in total. The molecule has 1 nitrogen and oxygen atoms in total. The zero-order chi connectivity index (χ0) is 8.28. The summed E-state index contributed by atoms with van der Waals surface area (Å²) in [5, 5.41) is 0. The van der Waals surface area contributed by atoms with Crippen LogP contribution in [0.15, 0.2) is 12.2 Å². The lowest BCUT2D eigenvalue weighted by Gasteiger charge is -2.33. The minimum atomic E-state index is 0.0434. The van der Waals surface area contributed by atoms with Crippen LogP contribution in [0.1, 0.15) is 33.6 Å². The molecule has 1 heterocycles. The molecule has 0 radical (unpaired) electrons. The highest BCUT2D eigenvalue weighted by atomic mass is 16.6.